The van der Waals surface area contributed by atoms with Crippen molar-refractivity contribution in [3.63, 3.8) is 0 Å². The molecule has 0 aliphatic heterocycles. The van der Waals surface area contributed by atoms with Crippen molar-refractivity contribution in [2.75, 3.05) is 12.8 Å². The van der Waals surface area contributed by atoms with Crippen LogP contribution in [0.15, 0.2) is 48.5 Å². The lowest BCUT2D eigenvalue weighted by molar-refractivity contribution is -0.138. The van der Waals surface area contributed by atoms with Gasteiger partial charge in [-0.05, 0) is 41.7 Å². The van der Waals surface area contributed by atoms with E-state index in [2.05, 4.69) is 0 Å². The Hall–Kier alpha value is -2.39. The number of hydrogen-bond acceptors (Lipinski definition) is 3. The maximum absolute atomic E-state index is 12.9. The molecule has 0 aromatic heterocycles. The van der Waals surface area contributed by atoms with Gasteiger partial charge in [-0.1, -0.05) is 49.2 Å². The molecule has 0 aliphatic rings. The first-order valence-corrected chi connectivity index (χ1v) is 11.7. The van der Waals surface area contributed by atoms with Gasteiger partial charge in [0.1, 0.15) is 0 Å². The molecule has 2 aromatic carbocycles. The second-order valence-electron chi connectivity index (χ2n) is 7.43. The molecular weight excluding hydrogens is 431 g/mol. The fourth-order valence-corrected chi connectivity index (χ4v) is 4.01. The van der Waals surface area contributed by atoms with Gasteiger partial charge >= 0.3 is 12.1 Å². The van der Waals surface area contributed by atoms with Gasteiger partial charge in [0.15, 0.2) is 0 Å². The zero-order valence-electron chi connectivity index (χ0n) is 17.2. The van der Waals surface area contributed by atoms with Crippen LogP contribution in [0.5, 0.6) is 0 Å². The van der Waals surface area contributed by atoms with E-state index < -0.39 is 27.7 Å². The Labute approximate surface area is 180 Å². The third kappa shape index (κ3) is 8.34. The van der Waals surface area contributed by atoms with Crippen LogP contribution < -0.4 is 0 Å². The molecule has 0 saturated heterocycles. The predicted molar refractivity (Wildman–Crippen MR) is 113 cm³/mol. The molecule has 0 aliphatic carbocycles. The van der Waals surface area contributed by atoms with Crippen molar-refractivity contribution in [1.82, 2.24) is 4.31 Å². The number of halogens is 3. The van der Waals surface area contributed by atoms with Gasteiger partial charge in [0, 0.05) is 19.5 Å². The van der Waals surface area contributed by atoms with Crippen LogP contribution in [0.25, 0.3) is 11.1 Å². The molecule has 0 bridgehead atoms. The smallest absolute Gasteiger partial charge is 0.416 e. The maximum atomic E-state index is 12.9. The average Bonchev–Trinajstić information content (AvgIpc) is 2.68. The van der Waals surface area contributed by atoms with Crippen molar-refractivity contribution in [2.24, 2.45) is 0 Å². The molecule has 0 unspecified atom stereocenters. The quantitative estimate of drug-likeness (QED) is 0.473. The third-order valence-corrected chi connectivity index (χ3v) is 6.10. The molecule has 170 valence electrons. The lowest BCUT2D eigenvalue weighted by atomic mass is 10.0. The number of aliphatic carboxylic acids is 1. The second kappa shape index (κ2) is 10.8. The number of unbranched alkanes of at least 4 members (excludes halogenated alkanes) is 3. The van der Waals surface area contributed by atoms with Crippen molar-refractivity contribution < 1.29 is 31.5 Å². The van der Waals surface area contributed by atoms with Crippen molar-refractivity contribution >= 4 is 16.0 Å². The number of rotatable bonds is 11. The van der Waals surface area contributed by atoms with Crippen LogP contribution in [0, 0.1) is 0 Å². The molecule has 0 spiro atoms. The Bertz CT molecular complexity index is 973. The van der Waals surface area contributed by atoms with E-state index in [0.29, 0.717) is 30.5 Å². The minimum absolute atomic E-state index is 0.105. The van der Waals surface area contributed by atoms with E-state index in [0.717, 1.165) is 36.8 Å². The van der Waals surface area contributed by atoms with E-state index in [1.165, 1.54) is 10.4 Å². The molecule has 2 rings (SSSR count). The molecule has 0 heterocycles. The standard InChI is InChI=1S/C22H26F3NO4S/c1-31(29,30)26(14-5-3-2-4-9-21(27)28)16-17-10-12-18(13-11-17)19-7-6-8-20(15-19)22(23,24)25/h6-8,10-13,15H,2-5,9,14,16H2,1H3,(H,27,28). The molecule has 0 fully saturated rings. The van der Waals surface area contributed by atoms with Gasteiger partial charge in [0.2, 0.25) is 10.0 Å². The first kappa shape index (κ1) is 24.9. The fraction of sp³-hybridized carbons (Fsp3) is 0.409. The topological polar surface area (TPSA) is 74.7 Å². The summed E-state index contributed by atoms with van der Waals surface area (Å²) in [5.41, 5.74) is 1.05. The number of benzene rings is 2. The van der Waals surface area contributed by atoms with Crippen LogP contribution >= 0.6 is 0 Å². The van der Waals surface area contributed by atoms with E-state index in [-0.39, 0.29) is 13.0 Å². The minimum Gasteiger partial charge on any atom is -0.481 e. The van der Waals surface area contributed by atoms with Gasteiger partial charge in [-0.25, -0.2) is 8.42 Å². The summed E-state index contributed by atoms with van der Waals surface area (Å²) in [6.07, 6.45) is -0.550. The lowest BCUT2D eigenvalue weighted by Crippen LogP contribution is -2.30. The second-order valence-corrected chi connectivity index (χ2v) is 9.41. The third-order valence-electron chi connectivity index (χ3n) is 4.85. The average molecular weight is 458 g/mol. The van der Waals surface area contributed by atoms with E-state index in [9.17, 15) is 26.4 Å². The Morgan fingerprint density at radius 3 is 2.19 bits per heavy atom. The molecule has 31 heavy (non-hydrogen) atoms. The highest BCUT2D eigenvalue weighted by molar-refractivity contribution is 7.88. The number of nitrogens with zero attached hydrogens (tertiary/aromatic N) is 1. The highest BCUT2D eigenvalue weighted by Gasteiger charge is 2.30. The molecule has 9 heteroatoms. The van der Waals surface area contributed by atoms with Crippen molar-refractivity contribution in [2.45, 2.75) is 44.8 Å². The summed E-state index contributed by atoms with van der Waals surface area (Å²) >= 11 is 0. The van der Waals surface area contributed by atoms with Crippen molar-refractivity contribution in [3.05, 3.63) is 59.7 Å². The number of carboxylic acid groups (broad SMARTS) is 1. The molecule has 0 atom stereocenters. The van der Waals surface area contributed by atoms with Crippen LogP contribution in [-0.4, -0.2) is 36.6 Å². The highest BCUT2D eigenvalue weighted by Crippen LogP contribution is 2.32. The monoisotopic (exact) mass is 457 g/mol. The Morgan fingerprint density at radius 2 is 1.61 bits per heavy atom. The van der Waals surface area contributed by atoms with Gasteiger partial charge < -0.3 is 5.11 Å². The maximum Gasteiger partial charge on any atom is 0.416 e. The number of sulfonamides is 1. The zero-order valence-corrected chi connectivity index (χ0v) is 18.0. The first-order chi connectivity index (χ1) is 14.5. The van der Waals surface area contributed by atoms with Crippen molar-refractivity contribution in [3.8, 4) is 11.1 Å². The summed E-state index contributed by atoms with van der Waals surface area (Å²) in [5, 5.41) is 8.63. The largest absolute Gasteiger partial charge is 0.481 e. The van der Waals surface area contributed by atoms with Crippen LogP contribution in [-0.2, 0) is 27.5 Å². The first-order valence-electron chi connectivity index (χ1n) is 9.90. The number of hydrogen-bond donors (Lipinski definition) is 1. The van der Waals surface area contributed by atoms with Crippen LogP contribution in [0.3, 0.4) is 0 Å². The lowest BCUT2D eigenvalue weighted by Gasteiger charge is -2.20. The Balaban J connectivity index is 2.01. The van der Waals surface area contributed by atoms with Crippen LogP contribution in [0.1, 0.15) is 43.2 Å². The highest BCUT2D eigenvalue weighted by atomic mass is 32.2. The zero-order chi connectivity index (χ0) is 23.1. The van der Waals surface area contributed by atoms with E-state index in [4.69, 9.17) is 5.11 Å². The van der Waals surface area contributed by atoms with Crippen LogP contribution in [0.2, 0.25) is 0 Å². The summed E-state index contributed by atoms with van der Waals surface area (Å²) in [6.45, 7) is 0.484. The molecular formula is C22H26F3NO4S. The summed E-state index contributed by atoms with van der Waals surface area (Å²) in [4.78, 5) is 10.5. The van der Waals surface area contributed by atoms with Gasteiger partial charge in [-0.3, -0.25) is 4.79 Å². The van der Waals surface area contributed by atoms with E-state index >= 15 is 0 Å². The molecule has 0 saturated carbocycles. The summed E-state index contributed by atoms with van der Waals surface area (Å²) in [5.74, 6) is -0.841. The molecule has 5 nitrogen and oxygen atoms in total. The van der Waals surface area contributed by atoms with Gasteiger partial charge in [0.25, 0.3) is 0 Å². The summed E-state index contributed by atoms with van der Waals surface area (Å²) in [6, 6.07) is 11.8. The number of carbonyl (C=O) groups is 1. The Kier molecular flexibility index (Phi) is 8.64. The van der Waals surface area contributed by atoms with Gasteiger partial charge in [-0.15, -0.1) is 0 Å². The number of carboxylic acids is 1. The SMILES string of the molecule is CS(=O)(=O)N(CCCCCCC(=O)O)Cc1ccc(-c2cccc(C(F)(F)F)c2)cc1. The van der Waals surface area contributed by atoms with Crippen LogP contribution in [0.4, 0.5) is 13.2 Å². The molecule has 1 N–H and O–H groups in total. The van der Waals surface area contributed by atoms with Gasteiger partial charge in [0.05, 0.1) is 11.8 Å². The minimum atomic E-state index is -4.42. The summed E-state index contributed by atoms with van der Waals surface area (Å²) in [7, 11) is -3.44. The number of alkyl halides is 3. The molecule has 0 amide bonds. The van der Waals surface area contributed by atoms with Gasteiger partial charge in [-0.2, -0.15) is 17.5 Å². The Morgan fingerprint density at radius 1 is 0.968 bits per heavy atom. The molecule has 0 radical (unpaired) electrons. The van der Waals surface area contributed by atoms with E-state index in [1.807, 2.05) is 0 Å². The predicted octanol–water partition coefficient (Wildman–Crippen LogP) is 5.17. The van der Waals surface area contributed by atoms with Crippen molar-refractivity contribution in [1.29, 1.82) is 0 Å². The normalized spacial score (nSPS) is 12.3. The molecule has 2 aromatic rings. The summed E-state index contributed by atoms with van der Waals surface area (Å²) < 4.78 is 64.3. The van der Waals surface area contributed by atoms with E-state index in [1.54, 1.807) is 30.3 Å². The fourth-order valence-electron chi connectivity index (χ4n) is 3.16.